The molecule has 1 amide bonds. The van der Waals surface area contributed by atoms with Crippen LogP contribution in [0.15, 0.2) is 59.4 Å². The Balaban J connectivity index is 1.83. The van der Waals surface area contributed by atoms with Crippen molar-refractivity contribution in [3.05, 3.63) is 76.1 Å². The van der Waals surface area contributed by atoms with Gasteiger partial charge in [0.15, 0.2) is 0 Å². The fourth-order valence-electron chi connectivity index (χ4n) is 2.98. The molecule has 0 aliphatic heterocycles. The molecule has 0 bridgehead atoms. The molecule has 132 valence electrons. The first kappa shape index (κ1) is 16.4. The minimum Gasteiger partial charge on any atom is -0.497 e. The zero-order valence-corrected chi connectivity index (χ0v) is 14.3. The second-order valence-corrected chi connectivity index (χ2v) is 5.90. The number of fused-ring (bicyclic) bond motifs is 3. The fraction of sp³-hybridized carbons (Fsp3) is 0.0500. The normalized spacial score (nSPS) is 10.7. The summed E-state index contributed by atoms with van der Waals surface area (Å²) in [5.41, 5.74) is 2.01. The van der Waals surface area contributed by atoms with Crippen molar-refractivity contribution in [2.75, 3.05) is 12.4 Å². The Morgan fingerprint density at radius 1 is 1.19 bits per heavy atom. The molecule has 0 radical (unpaired) electrons. The van der Waals surface area contributed by atoms with Crippen LogP contribution in [0.25, 0.3) is 16.7 Å². The van der Waals surface area contributed by atoms with Crippen molar-refractivity contribution in [1.82, 2.24) is 9.38 Å². The minimum atomic E-state index is -0.446. The number of imidazole rings is 1. The highest BCUT2D eigenvalue weighted by Crippen LogP contribution is 2.20. The van der Waals surface area contributed by atoms with Crippen LogP contribution in [0, 0.1) is 11.3 Å². The molecule has 2 N–H and O–H groups in total. The van der Waals surface area contributed by atoms with Crippen molar-refractivity contribution in [2.24, 2.45) is 0 Å². The first-order valence-corrected chi connectivity index (χ1v) is 8.14. The molecule has 0 atom stereocenters. The molecule has 27 heavy (non-hydrogen) atoms. The predicted molar refractivity (Wildman–Crippen MR) is 101 cm³/mol. The Morgan fingerprint density at radius 2 is 1.93 bits per heavy atom. The van der Waals surface area contributed by atoms with Crippen LogP contribution in [0.5, 0.6) is 5.75 Å². The molecule has 2 heterocycles. The summed E-state index contributed by atoms with van der Waals surface area (Å²) in [7, 11) is 1.54. The van der Waals surface area contributed by atoms with Crippen molar-refractivity contribution in [3.63, 3.8) is 0 Å². The molecule has 7 heteroatoms. The quantitative estimate of drug-likeness (QED) is 0.588. The minimum absolute atomic E-state index is 0.0367. The van der Waals surface area contributed by atoms with Crippen molar-refractivity contribution >= 4 is 28.3 Å². The number of pyridine rings is 1. The molecule has 0 aliphatic carbocycles. The number of amides is 1. The van der Waals surface area contributed by atoms with Gasteiger partial charge >= 0.3 is 0 Å². The summed E-state index contributed by atoms with van der Waals surface area (Å²) < 4.78 is 6.47. The lowest BCUT2D eigenvalue weighted by Crippen LogP contribution is -2.22. The number of ether oxygens (including phenoxy) is 1. The summed E-state index contributed by atoms with van der Waals surface area (Å²) in [4.78, 5) is 28.5. The number of aromatic nitrogens is 2. The monoisotopic (exact) mass is 358 g/mol. The molecule has 0 fully saturated rings. The van der Waals surface area contributed by atoms with Gasteiger partial charge in [-0.05, 0) is 42.5 Å². The third kappa shape index (κ3) is 2.69. The number of hydrogen-bond donors (Lipinski definition) is 2. The molecular formula is C20H14N4O3. The zero-order valence-electron chi connectivity index (χ0n) is 14.3. The SMILES string of the molecule is COc1ccc(C(=O)Nc2cc(C#N)c3[nH]c4ccccc4n3c2=O)cc1. The number of carbonyl (C=O) groups excluding carboxylic acids is 1. The van der Waals surface area contributed by atoms with Gasteiger partial charge < -0.3 is 15.0 Å². The number of nitriles is 1. The van der Waals surface area contributed by atoms with Gasteiger partial charge in [0.25, 0.3) is 11.5 Å². The van der Waals surface area contributed by atoms with Gasteiger partial charge in [0.1, 0.15) is 23.2 Å². The van der Waals surface area contributed by atoms with Gasteiger partial charge in [-0.3, -0.25) is 14.0 Å². The van der Waals surface area contributed by atoms with Crippen molar-refractivity contribution in [1.29, 1.82) is 5.26 Å². The van der Waals surface area contributed by atoms with E-state index < -0.39 is 11.5 Å². The first-order chi connectivity index (χ1) is 13.1. The Hall–Kier alpha value is -4.05. The number of anilines is 1. The predicted octanol–water partition coefficient (Wildman–Crippen LogP) is 2.91. The molecule has 7 nitrogen and oxygen atoms in total. The van der Waals surface area contributed by atoms with Gasteiger partial charge in [-0.25, -0.2) is 0 Å². The summed E-state index contributed by atoms with van der Waals surface area (Å²) >= 11 is 0. The van der Waals surface area contributed by atoms with Gasteiger partial charge in [-0.2, -0.15) is 5.26 Å². The average Bonchev–Trinajstić information content (AvgIpc) is 3.10. The standard InChI is InChI=1S/C20H14N4O3/c1-27-14-8-6-12(7-9-14)19(25)23-16-10-13(11-21)18-22-15-4-2-3-5-17(15)24(18)20(16)26/h2-10,22H,1H3,(H,23,25). The lowest BCUT2D eigenvalue weighted by molar-refractivity contribution is 0.102. The first-order valence-electron chi connectivity index (χ1n) is 8.14. The molecule has 0 saturated carbocycles. The molecular weight excluding hydrogens is 344 g/mol. The van der Waals surface area contributed by atoms with E-state index in [0.717, 1.165) is 5.52 Å². The third-order valence-electron chi connectivity index (χ3n) is 4.32. The fourth-order valence-corrected chi connectivity index (χ4v) is 2.98. The van der Waals surface area contributed by atoms with Crippen LogP contribution in [0.3, 0.4) is 0 Å². The number of para-hydroxylation sites is 2. The number of benzene rings is 2. The second kappa shape index (κ2) is 6.35. The molecule has 2 aromatic heterocycles. The molecule has 4 aromatic rings. The summed E-state index contributed by atoms with van der Waals surface area (Å²) in [6.45, 7) is 0. The smallest absolute Gasteiger partial charge is 0.280 e. The van der Waals surface area contributed by atoms with Gasteiger partial charge in [0.05, 0.1) is 23.7 Å². The lowest BCUT2D eigenvalue weighted by atomic mass is 10.2. The summed E-state index contributed by atoms with van der Waals surface area (Å²) in [6.07, 6.45) is 0. The van der Waals surface area contributed by atoms with E-state index in [1.54, 1.807) is 36.4 Å². The number of H-pyrrole nitrogens is 1. The zero-order chi connectivity index (χ0) is 19.0. The maximum atomic E-state index is 12.9. The van der Waals surface area contributed by atoms with Crippen LogP contribution in [0.4, 0.5) is 5.69 Å². The van der Waals surface area contributed by atoms with Crippen molar-refractivity contribution < 1.29 is 9.53 Å². The van der Waals surface area contributed by atoms with Gasteiger partial charge in [-0.15, -0.1) is 0 Å². The van der Waals surface area contributed by atoms with Gasteiger partial charge in [0, 0.05) is 5.56 Å². The van der Waals surface area contributed by atoms with Gasteiger partial charge in [0.2, 0.25) is 0 Å². The number of hydrogen-bond acceptors (Lipinski definition) is 4. The molecule has 4 rings (SSSR count). The number of carbonyl (C=O) groups is 1. The number of nitrogens with zero attached hydrogens (tertiary/aromatic N) is 2. The van der Waals surface area contributed by atoms with Crippen LogP contribution in [0.1, 0.15) is 15.9 Å². The van der Waals surface area contributed by atoms with Crippen LogP contribution in [0.2, 0.25) is 0 Å². The molecule has 2 aromatic carbocycles. The Kier molecular flexibility index (Phi) is 3.86. The molecule has 0 aliphatic rings. The van der Waals surface area contributed by atoms with Crippen LogP contribution >= 0.6 is 0 Å². The largest absolute Gasteiger partial charge is 0.497 e. The number of aromatic amines is 1. The Bertz CT molecular complexity index is 1280. The highest BCUT2D eigenvalue weighted by atomic mass is 16.5. The average molecular weight is 358 g/mol. The lowest BCUT2D eigenvalue weighted by Gasteiger charge is -2.07. The van der Waals surface area contributed by atoms with E-state index in [1.807, 2.05) is 12.1 Å². The number of nitrogens with one attached hydrogen (secondary N) is 2. The van der Waals surface area contributed by atoms with E-state index >= 15 is 0 Å². The van der Waals surface area contributed by atoms with Gasteiger partial charge in [-0.1, -0.05) is 12.1 Å². The van der Waals surface area contributed by atoms with Crippen molar-refractivity contribution in [3.8, 4) is 11.8 Å². The summed E-state index contributed by atoms with van der Waals surface area (Å²) in [6, 6.07) is 17.2. The molecule has 0 saturated heterocycles. The highest BCUT2D eigenvalue weighted by molar-refractivity contribution is 6.04. The van der Waals surface area contributed by atoms with Crippen LogP contribution in [-0.2, 0) is 0 Å². The van der Waals surface area contributed by atoms with E-state index in [0.29, 0.717) is 22.5 Å². The maximum Gasteiger partial charge on any atom is 0.280 e. The second-order valence-electron chi connectivity index (χ2n) is 5.90. The van der Waals surface area contributed by atoms with E-state index in [2.05, 4.69) is 16.4 Å². The number of rotatable bonds is 3. The summed E-state index contributed by atoms with van der Waals surface area (Å²) in [5, 5.41) is 12.1. The van der Waals surface area contributed by atoms with E-state index in [4.69, 9.17) is 4.74 Å². The number of methoxy groups -OCH3 is 1. The van der Waals surface area contributed by atoms with Crippen LogP contribution in [-0.4, -0.2) is 22.4 Å². The molecule has 0 unspecified atom stereocenters. The van der Waals surface area contributed by atoms with Crippen molar-refractivity contribution in [2.45, 2.75) is 0 Å². The van der Waals surface area contributed by atoms with Crippen LogP contribution < -0.4 is 15.6 Å². The Labute approximate surface area is 153 Å². The van der Waals surface area contributed by atoms with E-state index in [9.17, 15) is 14.9 Å². The molecule has 0 spiro atoms. The van der Waals surface area contributed by atoms with E-state index in [-0.39, 0.29) is 11.3 Å². The maximum absolute atomic E-state index is 12.9. The highest BCUT2D eigenvalue weighted by Gasteiger charge is 2.16. The Morgan fingerprint density at radius 3 is 2.63 bits per heavy atom. The third-order valence-corrected chi connectivity index (χ3v) is 4.32. The summed E-state index contributed by atoms with van der Waals surface area (Å²) in [5.74, 6) is 0.178. The van der Waals surface area contributed by atoms with E-state index in [1.165, 1.54) is 17.6 Å². The topological polar surface area (TPSA) is 99.4 Å².